The molecular formula is C20H20ClN5O. The summed E-state index contributed by atoms with van der Waals surface area (Å²) in [5.41, 5.74) is 2.65. The molecule has 6 nitrogen and oxygen atoms in total. The van der Waals surface area contributed by atoms with E-state index in [-0.39, 0.29) is 5.91 Å². The van der Waals surface area contributed by atoms with Crippen LogP contribution in [0, 0.1) is 0 Å². The Kier molecular flexibility index (Phi) is 5.07. The van der Waals surface area contributed by atoms with E-state index < -0.39 is 0 Å². The van der Waals surface area contributed by atoms with Gasteiger partial charge in [-0.25, -0.2) is 0 Å². The van der Waals surface area contributed by atoms with Gasteiger partial charge in [-0.15, -0.1) is 10.2 Å². The number of benzene rings is 2. The van der Waals surface area contributed by atoms with Gasteiger partial charge in [-0.05, 0) is 42.8 Å². The molecule has 0 bridgehead atoms. The van der Waals surface area contributed by atoms with Gasteiger partial charge < -0.3 is 9.80 Å². The van der Waals surface area contributed by atoms with Gasteiger partial charge in [0, 0.05) is 37.4 Å². The summed E-state index contributed by atoms with van der Waals surface area (Å²) in [6, 6.07) is 15.4. The van der Waals surface area contributed by atoms with Gasteiger partial charge in [0.25, 0.3) is 5.91 Å². The zero-order valence-corrected chi connectivity index (χ0v) is 15.6. The molecule has 1 aliphatic heterocycles. The molecule has 1 fully saturated rings. The smallest absolute Gasteiger partial charge is 0.253 e. The molecule has 3 aromatic rings. The molecule has 7 heteroatoms. The lowest BCUT2D eigenvalue weighted by molar-refractivity contribution is 0.0767. The fourth-order valence-corrected chi connectivity index (χ4v) is 3.62. The van der Waals surface area contributed by atoms with Crippen LogP contribution in [-0.4, -0.2) is 51.8 Å². The van der Waals surface area contributed by atoms with Gasteiger partial charge in [-0.1, -0.05) is 23.7 Å². The number of carbonyl (C=O) groups is 1. The third-order valence-corrected chi connectivity index (χ3v) is 5.13. The standard InChI is InChI=1S/C20H20ClN5O/c21-18-4-1-2-5-19(18)24-10-3-11-25(13-12-24)20(27)16-6-8-17(9-7-16)26-14-22-23-15-26/h1-2,4-9,14-15H,3,10-13H2. The number of aromatic nitrogens is 3. The van der Waals surface area contributed by atoms with Crippen LogP contribution in [0.25, 0.3) is 5.69 Å². The quantitative estimate of drug-likeness (QED) is 0.698. The lowest BCUT2D eigenvalue weighted by Gasteiger charge is -2.24. The van der Waals surface area contributed by atoms with Crippen LogP contribution in [0.2, 0.25) is 5.02 Å². The van der Waals surface area contributed by atoms with Gasteiger partial charge >= 0.3 is 0 Å². The Morgan fingerprint density at radius 3 is 2.37 bits per heavy atom. The summed E-state index contributed by atoms with van der Waals surface area (Å²) < 4.78 is 1.81. The van der Waals surface area contributed by atoms with E-state index in [0.29, 0.717) is 12.1 Å². The van der Waals surface area contributed by atoms with E-state index in [1.165, 1.54) is 0 Å². The largest absolute Gasteiger partial charge is 0.368 e. The van der Waals surface area contributed by atoms with Crippen LogP contribution in [-0.2, 0) is 0 Å². The van der Waals surface area contributed by atoms with Crippen molar-refractivity contribution in [2.45, 2.75) is 6.42 Å². The highest BCUT2D eigenvalue weighted by atomic mass is 35.5. The molecule has 27 heavy (non-hydrogen) atoms. The van der Waals surface area contributed by atoms with Crippen molar-refractivity contribution in [2.75, 3.05) is 31.1 Å². The molecular weight excluding hydrogens is 362 g/mol. The summed E-state index contributed by atoms with van der Waals surface area (Å²) in [5.74, 6) is 0.0614. The predicted octanol–water partition coefficient (Wildman–Crippen LogP) is 3.27. The molecule has 0 radical (unpaired) electrons. The van der Waals surface area contributed by atoms with Gasteiger partial charge in [0.15, 0.2) is 0 Å². The van der Waals surface area contributed by atoms with Crippen molar-refractivity contribution in [3.8, 4) is 5.69 Å². The first-order valence-corrected chi connectivity index (χ1v) is 9.34. The van der Waals surface area contributed by atoms with E-state index in [1.54, 1.807) is 12.7 Å². The molecule has 0 saturated carbocycles. The molecule has 2 aromatic carbocycles. The third-order valence-electron chi connectivity index (χ3n) is 4.81. The van der Waals surface area contributed by atoms with Gasteiger partial charge in [-0.3, -0.25) is 9.36 Å². The lowest BCUT2D eigenvalue weighted by Crippen LogP contribution is -2.35. The summed E-state index contributed by atoms with van der Waals surface area (Å²) in [4.78, 5) is 17.1. The molecule has 0 N–H and O–H groups in total. The number of para-hydroxylation sites is 1. The Morgan fingerprint density at radius 2 is 1.63 bits per heavy atom. The SMILES string of the molecule is O=C(c1ccc(-n2cnnc2)cc1)N1CCCN(c2ccccc2Cl)CC1. The van der Waals surface area contributed by atoms with E-state index in [9.17, 15) is 4.79 Å². The molecule has 0 unspecified atom stereocenters. The first kappa shape index (κ1) is 17.5. The van der Waals surface area contributed by atoms with Crippen molar-refractivity contribution in [3.63, 3.8) is 0 Å². The van der Waals surface area contributed by atoms with E-state index in [1.807, 2.05) is 58.0 Å². The van der Waals surface area contributed by atoms with Crippen molar-refractivity contribution in [1.82, 2.24) is 19.7 Å². The normalized spacial score (nSPS) is 14.9. The zero-order valence-electron chi connectivity index (χ0n) is 14.8. The maximum atomic E-state index is 12.9. The number of carbonyl (C=O) groups excluding carboxylic acids is 1. The van der Waals surface area contributed by atoms with Crippen molar-refractivity contribution >= 4 is 23.2 Å². The molecule has 1 saturated heterocycles. The first-order chi connectivity index (χ1) is 13.2. The number of anilines is 1. The maximum absolute atomic E-state index is 12.9. The van der Waals surface area contributed by atoms with E-state index in [0.717, 1.165) is 42.5 Å². The highest BCUT2D eigenvalue weighted by Crippen LogP contribution is 2.26. The topological polar surface area (TPSA) is 54.3 Å². The average molecular weight is 382 g/mol. The third kappa shape index (κ3) is 3.80. The van der Waals surface area contributed by atoms with Gasteiger partial charge in [0.1, 0.15) is 12.7 Å². The number of halogens is 1. The van der Waals surface area contributed by atoms with Crippen LogP contribution in [0.4, 0.5) is 5.69 Å². The Bertz CT molecular complexity index is 910. The Morgan fingerprint density at radius 1 is 0.889 bits per heavy atom. The van der Waals surface area contributed by atoms with E-state index in [4.69, 9.17) is 11.6 Å². The summed E-state index contributed by atoms with van der Waals surface area (Å²) >= 11 is 6.33. The van der Waals surface area contributed by atoms with Crippen molar-refractivity contribution in [2.24, 2.45) is 0 Å². The van der Waals surface area contributed by atoms with Crippen molar-refractivity contribution in [1.29, 1.82) is 0 Å². The molecule has 0 atom stereocenters. The fraction of sp³-hybridized carbons (Fsp3) is 0.250. The van der Waals surface area contributed by atoms with Gasteiger partial charge in [-0.2, -0.15) is 0 Å². The Balaban J connectivity index is 1.44. The van der Waals surface area contributed by atoms with Crippen LogP contribution in [0.3, 0.4) is 0 Å². The number of hydrogen-bond acceptors (Lipinski definition) is 4. The van der Waals surface area contributed by atoms with E-state index >= 15 is 0 Å². The fourth-order valence-electron chi connectivity index (χ4n) is 3.36. The van der Waals surface area contributed by atoms with Crippen LogP contribution >= 0.6 is 11.6 Å². The second-order valence-corrected chi connectivity index (χ2v) is 6.91. The molecule has 0 spiro atoms. The van der Waals surface area contributed by atoms with Gasteiger partial charge in [0.05, 0.1) is 10.7 Å². The number of rotatable bonds is 3. The number of hydrogen-bond donors (Lipinski definition) is 0. The minimum atomic E-state index is 0.0614. The Labute approximate surface area is 163 Å². The lowest BCUT2D eigenvalue weighted by atomic mass is 10.1. The maximum Gasteiger partial charge on any atom is 0.253 e. The number of nitrogens with zero attached hydrogens (tertiary/aromatic N) is 5. The molecule has 1 amide bonds. The summed E-state index contributed by atoms with van der Waals surface area (Å²) in [6.07, 6.45) is 4.18. The predicted molar refractivity (Wildman–Crippen MR) is 106 cm³/mol. The second-order valence-electron chi connectivity index (χ2n) is 6.50. The first-order valence-electron chi connectivity index (χ1n) is 8.96. The minimum absolute atomic E-state index is 0.0614. The Hall–Kier alpha value is -2.86. The molecule has 4 rings (SSSR count). The molecule has 1 aliphatic rings. The highest BCUT2D eigenvalue weighted by Gasteiger charge is 2.21. The zero-order chi connectivity index (χ0) is 18.6. The summed E-state index contributed by atoms with van der Waals surface area (Å²) in [6.45, 7) is 3.08. The van der Waals surface area contributed by atoms with Crippen LogP contribution in [0.15, 0.2) is 61.2 Å². The van der Waals surface area contributed by atoms with Gasteiger partial charge in [0.2, 0.25) is 0 Å². The highest BCUT2D eigenvalue weighted by molar-refractivity contribution is 6.33. The van der Waals surface area contributed by atoms with Crippen molar-refractivity contribution < 1.29 is 4.79 Å². The summed E-state index contributed by atoms with van der Waals surface area (Å²) in [7, 11) is 0. The van der Waals surface area contributed by atoms with E-state index in [2.05, 4.69) is 15.1 Å². The number of amides is 1. The van der Waals surface area contributed by atoms with Crippen LogP contribution < -0.4 is 4.90 Å². The summed E-state index contributed by atoms with van der Waals surface area (Å²) in [5, 5.41) is 8.36. The molecule has 0 aliphatic carbocycles. The van der Waals surface area contributed by atoms with Crippen LogP contribution in [0.1, 0.15) is 16.8 Å². The van der Waals surface area contributed by atoms with Crippen LogP contribution in [0.5, 0.6) is 0 Å². The minimum Gasteiger partial charge on any atom is -0.368 e. The molecule has 138 valence electrons. The average Bonchev–Trinajstić information content (AvgIpc) is 3.13. The molecule has 2 heterocycles. The molecule has 1 aromatic heterocycles. The second kappa shape index (κ2) is 7.80. The monoisotopic (exact) mass is 381 g/mol. The van der Waals surface area contributed by atoms with Crippen molar-refractivity contribution in [3.05, 3.63) is 71.8 Å².